The normalized spacial score (nSPS) is 14.1. The highest BCUT2D eigenvalue weighted by Crippen LogP contribution is 2.38. The van der Waals surface area contributed by atoms with Crippen molar-refractivity contribution in [2.45, 2.75) is 19.1 Å². The number of aliphatic imine (C=N–C) groups is 1. The third kappa shape index (κ3) is 5.20. The van der Waals surface area contributed by atoms with Crippen LogP contribution in [-0.2, 0) is 19.1 Å². The molecule has 2 aromatic rings. The summed E-state index contributed by atoms with van der Waals surface area (Å²) in [6.45, 7) is 1.76. The van der Waals surface area contributed by atoms with Crippen molar-refractivity contribution in [2.24, 2.45) is 4.99 Å². The maximum absolute atomic E-state index is 12.6. The fraction of sp³-hybridized carbons (Fsp3) is 0.412. The number of nitrogens with one attached hydrogen (secondary N) is 2. The molecule has 11 heteroatoms. The first-order valence-corrected chi connectivity index (χ1v) is 9.66. The van der Waals surface area contributed by atoms with E-state index >= 15 is 0 Å². The summed E-state index contributed by atoms with van der Waals surface area (Å²) in [5, 5.41) is 8.08. The largest absolute Gasteiger partial charge is 0.486 e. The van der Waals surface area contributed by atoms with E-state index in [2.05, 4.69) is 20.6 Å². The van der Waals surface area contributed by atoms with Gasteiger partial charge in [-0.2, -0.15) is 13.2 Å². The minimum absolute atomic E-state index is 0.358. The Kier molecular flexibility index (Phi) is 6.50. The third-order valence-corrected chi connectivity index (χ3v) is 5.00. The fourth-order valence-electron chi connectivity index (χ4n) is 2.52. The second kappa shape index (κ2) is 8.87. The molecule has 0 fully saturated rings. The molecule has 0 atom stereocenters. The summed E-state index contributed by atoms with van der Waals surface area (Å²) in [6.07, 6.45) is -4.05. The van der Waals surface area contributed by atoms with E-state index in [1.54, 1.807) is 13.1 Å². The quantitative estimate of drug-likeness (QED) is 0.557. The third-order valence-electron chi connectivity index (χ3n) is 3.81. The number of aromatic nitrogens is 1. The Morgan fingerprint density at radius 1 is 1.29 bits per heavy atom. The van der Waals surface area contributed by atoms with Crippen LogP contribution >= 0.6 is 22.9 Å². The lowest BCUT2D eigenvalue weighted by Gasteiger charge is -2.20. The molecule has 0 saturated carbocycles. The van der Waals surface area contributed by atoms with Crippen LogP contribution < -0.4 is 20.1 Å². The molecule has 1 aliphatic rings. The first-order valence-electron chi connectivity index (χ1n) is 8.41. The molecule has 0 radical (unpaired) electrons. The maximum atomic E-state index is 12.6. The summed E-state index contributed by atoms with van der Waals surface area (Å²) in [4.78, 5) is 7.70. The number of hydrogen-bond donors (Lipinski definition) is 2. The lowest BCUT2D eigenvalue weighted by Crippen LogP contribution is -2.37. The predicted molar refractivity (Wildman–Crippen MR) is 101 cm³/mol. The Bertz CT molecular complexity index is 857. The Labute approximate surface area is 168 Å². The van der Waals surface area contributed by atoms with Gasteiger partial charge in [0.1, 0.15) is 13.2 Å². The molecule has 0 amide bonds. The van der Waals surface area contributed by atoms with Gasteiger partial charge in [-0.05, 0) is 17.7 Å². The summed E-state index contributed by atoms with van der Waals surface area (Å²) in [7, 11) is 1.61. The number of alkyl halides is 3. The maximum Gasteiger partial charge on any atom is 0.434 e. The summed E-state index contributed by atoms with van der Waals surface area (Å²) in [6, 6.07) is 3.62. The molecule has 1 aliphatic heterocycles. The van der Waals surface area contributed by atoms with Gasteiger partial charge in [0.2, 0.25) is 0 Å². The van der Waals surface area contributed by atoms with Gasteiger partial charge in [-0.3, -0.25) is 4.99 Å². The monoisotopic (exact) mass is 434 g/mol. The molecule has 152 valence electrons. The smallest absolute Gasteiger partial charge is 0.434 e. The lowest BCUT2D eigenvalue weighted by atomic mass is 10.2. The molecule has 6 nitrogen and oxygen atoms in total. The van der Waals surface area contributed by atoms with Gasteiger partial charge >= 0.3 is 6.18 Å². The van der Waals surface area contributed by atoms with Crippen LogP contribution in [0.2, 0.25) is 5.02 Å². The van der Waals surface area contributed by atoms with Crippen LogP contribution in [0.3, 0.4) is 0 Å². The van der Waals surface area contributed by atoms with Gasteiger partial charge in [0.15, 0.2) is 23.2 Å². The lowest BCUT2D eigenvalue weighted by molar-refractivity contribution is -0.140. The Morgan fingerprint density at radius 2 is 2.07 bits per heavy atom. The van der Waals surface area contributed by atoms with E-state index in [0.29, 0.717) is 60.2 Å². The molecule has 0 bridgehead atoms. The van der Waals surface area contributed by atoms with Gasteiger partial charge in [0, 0.05) is 31.9 Å². The molecule has 28 heavy (non-hydrogen) atoms. The number of hydrogen-bond acceptors (Lipinski definition) is 5. The van der Waals surface area contributed by atoms with Gasteiger partial charge in [0.05, 0.1) is 10.0 Å². The van der Waals surface area contributed by atoms with Crippen LogP contribution in [0.1, 0.15) is 16.3 Å². The Hall–Kier alpha value is -2.20. The number of benzene rings is 1. The highest BCUT2D eigenvalue weighted by Gasteiger charge is 2.33. The van der Waals surface area contributed by atoms with Crippen molar-refractivity contribution < 1.29 is 22.6 Å². The zero-order valence-electron chi connectivity index (χ0n) is 14.9. The Morgan fingerprint density at radius 3 is 2.79 bits per heavy atom. The van der Waals surface area contributed by atoms with E-state index in [0.717, 1.165) is 22.3 Å². The number of fused-ring (bicyclic) bond motifs is 1. The van der Waals surface area contributed by atoms with Crippen LogP contribution in [0.25, 0.3) is 0 Å². The van der Waals surface area contributed by atoms with Gasteiger partial charge in [-0.25, -0.2) is 4.98 Å². The number of ether oxygens (including phenoxy) is 2. The van der Waals surface area contributed by atoms with E-state index < -0.39 is 11.9 Å². The van der Waals surface area contributed by atoms with Crippen molar-refractivity contribution in [3.63, 3.8) is 0 Å². The fourth-order valence-corrected chi connectivity index (χ4v) is 3.61. The minimum atomic E-state index is -4.41. The number of rotatable bonds is 5. The van der Waals surface area contributed by atoms with Crippen molar-refractivity contribution in [1.29, 1.82) is 0 Å². The molecule has 0 spiro atoms. The zero-order chi connectivity index (χ0) is 20.1. The molecular formula is C17H18ClF3N4O2S. The SMILES string of the molecule is CN=C(NCCc1nc(C(F)(F)F)cs1)NCc1cc(Cl)c2c(c1)OCCO2. The summed E-state index contributed by atoms with van der Waals surface area (Å²) >= 11 is 7.21. The molecule has 3 rings (SSSR count). The zero-order valence-corrected chi connectivity index (χ0v) is 16.5. The highest BCUT2D eigenvalue weighted by atomic mass is 35.5. The van der Waals surface area contributed by atoms with Gasteiger partial charge in [-0.15, -0.1) is 11.3 Å². The van der Waals surface area contributed by atoms with Crippen LogP contribution in [0.15, 0.2) is 22.5 Å². The Balaban J connectivity index is 1.50. The van der Waals surface area contributed by atoms with Crippen LogP contribution in [0.4, 0.5) is 13.2 Å². The predicted octanol–water partition coefficient (Wildman–Crippen LogP) is 3.49. The van der Waals surface area contributed by atoms with E-state index in [1.807, 2.05) is 6.07 Å². The van der Waals surface area contributed by atoms with E-state index in [1.165, 1.54) is 0 Å². The second-order valence-electron chi connectivity index (χ2n) is 5.83. The van der Waals surface area contributed by atoms with Gasteiger partial charge in [-0.1, -0.05) is 11.6 Å². The van der Waals surface area contributed by atoms with Crippen molar-refractivity contribution >= 4 is 28.9 Å². The average Bonchev–Trinajstić information content (AvgIpc) is 3.14. The van der Waals surface area contributed by atoms with E-state index in [-0.39, 0.29) is 0 Å². The van der Waals surface area contributed by atoms with Crippen LogP contribution in [-0.4, -0.2) is 37.7 Å². The first-order chi connectivity index (χ1) is 13.4. The molecular weight excluding hydrogens is 417 g/mol. The summed E-state index contributed by atoms with van der Waals surface area (Å²) in [5.74, 6) is 1.65. The van der Waals surface area contributed by atoms with Crippen LogP contribution in [0.5, 0.6) is 11.5 Å². The number of guanidine groups is 1. The summed E-state index contributed by atoms with van der Waals surface area (Å²) < 4.78 is 48.8. The molecule has 1 aromatic heterocycles. The van der Waals surface area contributed by atoms with Crippen LogP contribution in [0, 0.1) is 0 Å². The molecule has 1 aromatic carbocycles. The molecule has 0 aliphatic carbocycles. The van der Waals surface area contributed by atoms with Crippen molar-refractivity contribution in [1.82, 2.24) is 15.6 Å². The van der Waals surface area contributed by atoms with Crippen molar-refractivity contribution in [2.75, 3.05) is 26.8 Å². The molecule has 0 unspecified atom stereocenters. The van der Waals surface area contributed by atoms with Crippen molar-refractivity contribution in [3.05, 3.63) is 38.8 Å². The average molecular weight is 435 g/mol. The molecule has 0 saturated heterocycles. The topological polar surface area (TPSA) is 67.8 Å². The second-order valence-corrected chi connectivity index (χ2v) is 7.18. The standard InChI is InChI=1S/C17H18ClF3N4O2S/c1-22-16(23-3-2-14-25-13(9-28-14)17(19,20)21)24-8-10-6-11(18)15-12(7-10)26-4-5-27-15/h6-7,9H,2-5,8H2,1H3,(H2,22,23,24). The number of nitrogens with zero attached hydrogens (tertiary/aromatic N) is 2. The minimum Gasteiger partial charge on any atom is -0.486 e. The van der Waals surface area contributed by atoms with Gasteiger partial charge in [0.25, 0.3) is 0 Å². The first kappa shape index (κ1) is 20.5. The summed E-state index contributed by atoms with van der Waals surface area (Å²) in [5.41, 5.74) is 0.0254. The highest BCUT2D eigenvalue weighted by molar-refractivity contribution is 7.09. The molecule has 2 N–H and O–H groups in total. The van der Waals surface area contributed by atoms with Crippen molar-refractivity contribution in [3.8, 4) is 11.5 Å². The van der Waals surface area contributed by atoms with E-state index in [4.69, 9.17) is 21.1 Å². The number of halogens is 4. The number of thiazole rings is 1. The van der Waals surface area contributed by atoms with Gasteiger partial charge < -0.3 is 20.1 Å². The van der Waals surface area contributed by atoms with E-state index in [9.17, 15) is 13.2 Å². The molecule has 2 heterocycles.